The van der Waals surface area contributed by atoms with Crippen molar-refractivity contribution in [2.75, 3.05) is 6.54 Å². The first kappa shape index (κ1) is 15.2. The van der Waals surface area contributed by atoms with Crippen molar-refractivity contribution in [3.8, 4) is 0 Å². The lowest BCUT2D eigenvalue weighted by atomic mass is 10.1. The summed E-state index contributed by atoms with van der Waals surface area (Å²) >= 11 is 0. The van der Waals surface area contributed by atoms with Gasteiger partial charge in [0.1, 0.15) is 0 Å². The first-order valence-corrected chi connectivity index (χ1v) is 6.73. The van der Waals surface area contributed by atoms with E-state index < -0.39 is 0 Å². The molecule has 0 atom stereocenters. The van der Waals surface area contributed by atoms with E-state index in [1.54, 1.807) is 0 Å². The largest absolute Gasteiger partial charge is 0.355 e. The van der Waals surface area contributed by atoms with E-state index in [2.05, 4.69) is 18.3 Å². The predicted molar refractivity (Wildman–Crippen MR) is 70.4 cm³/mol. The molecule has 0 rings (SSSR count). The summed E-state index contributed by atoms with van der Waals surface area (Å²) in [6.07, 6.45) is 17.0. The predicted octanol–water partition coefficient (Wildman–Crippen LogP) is 3.82. The van der Waals surface area contributed by atoms with Gasteiger partial charge >= 0.3 is 0 Å². The molecule has 0 aromatic rings. The molecular formula is C14H27NO. The number of hydrogen-bond donors (Lipinski definition) is 1. The molecule has 0 bridgehead atoms. The minimum Gasteiger partial charge on any atom is -0.355 e. The average molecular weight is 225 g/mol. The molecule has 0 spiro atoms. The third kappa shape index (κ3) is 13.2. The Balaban J connectivity index is 2.98. The molecule has 0 heterocycles. The molecule has 0 aromatic heterocycles. The van der Waals surface area contributed by atoms with Crippen LogP contribution in [0.25, 0.3) is 0 Å². The zero-order chi connectivity index (χ0) is 11.9. The van der Waals surface area contributed by atoms with Crippen molar-refractivity contribution in [3.05, 3.63) is 12.2 Å². The van der Waals surface area contributed by atoms with E-state index >= 15 is 0 Å². The Bertz CT molecular complexity index is 166. The van der Waals surface area contributed by atoms with Crippen LogP contribution >= 0.6 is 0 Å². The lowest BCUT2D eigenvalue weighted by Gasteiger charge is -1.99. The van der Waals surface area contributed by atoms with Gasteiger partial charge in [0, 0.05) is 6.54 Å². The molecule has 1 N–H and O–H groups in total. The summed E-state index contributed by atoms with van der Waals surface area (Å²) in [5, 5.41) is 2.61. The maximum Gasteiger partial charge on any atom is 0.207 e. The first-order chi connectivity index (χ1) is 7.91. The molecule has 0 unspecified atom stereocenters. The third-order valence-corrected chi connectivity index (χ3v) is 2.71. The quantitative estimate of drug-likeness (QED) is 0.305. The van der Waals surface area contributed by atoms with Gasteiger partial charge in [-0.3, -0.25) is 4.79 Å². The Morgan fingerprint density at radius 2 is 1.50 bits per heavy atom. The van der Waals surface area contributed by atoms with E-state index in [0.717, 1.165) is 12.8 Å². The lowest BCUT2D eigenvalue weighted by Crippen LogP contribution is -2.09. The Morgan fingerprint density at radius 1 is 0.875 bits per heavy atom. The second-order valence-electron chi connectivity index (χ2n) is 4.26. The number of hydrogen-bond acceptors (Lipinski definition) is 1. The Hall–Kier alpha value is -0.790. The Kier molecular flexibility index (Phi) is 13.5. The van der Waals surface area contributed by atoms with Crippen molar-refractivity contribution >= 4 is 6.41 Å². The van der Waals surface area contributed by atoms with E-state index in [1.165, 1.54) is 51.4 Å². The van der Waals surface area contributed by atoms with Gasteiger partial charge in [0.15, 0.2) is 0 Å². The van der Waals surface area contributed by atoms with Crippen LogP contribution in [-0.2, 0) is 4.79 Å². The van der Waals surface area contributed by atoms with Crippen molar-refractivity contribution in [1.82, 2.24) is 5.32 Å². The van der Waals surface area contributed by atoms with E-state index in [-0.39, 0.29) is 0 Å². The van der Waals surface area contributed by atoms with E-state index in [1.807, 2.05) is 6.08 Å². The molecule has 94 valence electrons. The molecule has 0 aromatic carbocycles. The summed E-state index contributed by atoms with van der Waals surface area (Å²) < 4.78 is 0. The van der Waals surface area contributed by atoms with Gasteiger partial charge in [0.2, 0.25) is 6.41 Å². The smallest absolute Gasteiger partial charge is 0.207 e. The number of rotatable bonds is 12. The summed E-state index contributed by atoms with van der Waals surface area (Å²) in [4.78, 5) is 9.94. The normalized spacial score (nSPS) is 10.8. The number of amides is 1. The fraction of sp³-hybridized carbons (Fsp3) is 0.786. The highest BCUT2D eigenvalue weighted by molar-refractivity contribution is 5.46. The second-order valence-corrected chi connectivity index (χ2v) is 4.26. The van der Waals surface area contributed by atoms with Gasteiger partial charge < -0.3 is 5.32 Å². The van der Waals surface area contributed by atoms with Crippen LogP contribution in [0, 0.1) is 0 Å². The standard InChI is InChI=1S/C14H27NO/c1-2-3-4-5-6-7-8-9-10-11-12-13-15-14-16/h11-12,14H,2-10,13H2,1H3,(H,15,16)/b12-11+. The third-order valence-electron chi connectivity index (χ3n) is 2.71. The highest BCUT2D eigenvalue weighted by atomic mass is 16.1. The number of nitrogens with one attached hydrogen (secondary N) is 1. The van der Waals surface area contributed by atoms with Gasteiger partial charge in [-0.1, -0.05) is 64.0 Å². The van der Waals surface area contributed by atoms with Crippen LogP contribution in [0.2, 0.25) is 0 Å². The second kappa shape index (κ2) is 14.2. The van der Waals surface area contributed by atoms with Crippen LogP contribution in [0.4, 0.5) is 0 Å². The average Bonchev–Trinajstić information content (AvgIpc) is 2.31. The minimum atomic E-state index is 0.667. The summed E-state index contributed by atoms with van der Waals surface area (Å²) in [5.41, 5.74) is 0. The number of unbranched alkanes of at least 4 members (excludes halogenated alkanes) is 8. The molecule has 0 radical (unpaired) electrons. The molecule has 0 aliphatic carbocycles. The van der Waals surface area contributed by atoms with Crippen LogP contribution in [0.5, 0.6) is 0 Å². The minimum absolute atomic E-state index is 0.667. The lowest BCUT2D eigenvalue weighted by molar-refractivity contribution is -0.109. The van der Waals surface area contributed by atoms with Crippen molar-refractivity contribution in [3.63, 3.8) is 0 Å². The number of allylic oxidation sites excluding steroid dienone is 1. The monoisotopic (exact) mass is 225 g/mol. The Morgan fingerprint density at radius 3 is 2.12 bits per heavy atom. The molecule has 0 aliphatic rings. The maximum absolute atomic E-state index is 9.94. The summed E-state index contributed by atoms with van der Waals surface area (Å²) in [6.45, 7) is 2.92. The van der Waals surface area contributed by atoms with E-state index in [0.29, 0.717) is 6.54 Å². The van der Waals surface area contributed by atoms with E-state index in [4.69, 9.17) is 0 Å². The SMILES string of the molecule is CCCCCCCCCC/C=C/CNC=O. The van der Waals surface area contributed by atoms with Crippen molar-refractivity contribution < 1.29 is 4.79 Å². The van der Waals surface area contributed by atoms with Crippen LogP contribution in [0.3, 0.4) is 0 Å². The molecular weight excluding hydrogens is 198 g/mol. The fourth-order valence-electron chi connectivity index (χ4n) is 1.71. The molecule has 2 nitrogen and oxygen atoms in total. The molecule has 16 heavy (non-hydrogen) atoms. The van der Waals surface area contributed by atoms with Crippen LogP contribution in [-0.4, -0.2) is 13.0 Å². The van der Waals surface area contributed by atoms with Gasteiger partial charge in [0.25, 0.3) is 0 Å². The topological polar surface area (TPSA) is 29.1 Å². The Labute approximate surface area is 101 Å². The summed E-state index contributed by atoms with van der Waals surface area (Å²) in [7, 11) is 0. The zero-order valence-corrected chi connectivity index (χ0v) is 10.7. The zero-order valence-electron chi connectivity index (χ0n) is 10.7. The summed E-state index contributed by atoms with van der Waals surface area (Å²) in [5.74, 6) is 0. The fourth-order valence-corrected chi connectivity index (χ4v) is 1.71. The highest BCUT2D eigenvalue weighted by Gasteiger charge is 1.90. The molecule has 0 fully saturated rings. The maximum atomic E-state index is 9.94. The van der Waals surface area contributed by atoms with Crippen molar-refractivity contribution in [1.29, 1.82) is 0 Å². The molecule has 2 heteroatoms. The number of carbonyl (C=O) groups is 1. The molecule has 0 saturated heterocycles. The van der Waals surface area contributed by atoms with Gasteiger partial charge in [-0.25, -0.2) is 0 Å². The highest BCUT2D eigenvalue weighted by Crippen LogP contribution is 2.09. The summed E-state index contributed by atoms with van der Waals surface area (Å²) in [6, 6.07) is 0. The molecule has 1 amide bonds. The van der Waals surface area contributed by atoms with Crippen LogP contribution in [0.1, 0.15) is 64.7 Å². The van der Waals surface area contributed by atoms with Crippen molar-refractivity contribution in [2.24, 2.45) is 0 Å². The van der Waals surface area contributed by atoms with Gasteiger partial charge in [-0.2, -0.15) is 0 Å². The van der Waals surface area contributed by atoms with Crippen LogP contribution in [0.15, 0.2) is 12.2 Å². The van der Waals surface area contributed by atoms with Crippen LogP contribution < -0.4 is 5.32 Å². The van der Waals surface area contributed by atoms with Gasteiger partial charge in [-0.05, 0) is 12.8 Å². The first-order valence-electron chi connectivity index (χ1n) is 6.73. The number of carbonyl (C=O) groups excluding carboxylic acids is 1. The van der Waals surface area contributed by atoms with Crippen molar-refractivity contribution in [2.45, 2.75) is 64.7 Å². The molecule has 0 aliphatic heterocycles. The van der Waals surface area contributed by atoms with E-state index in [9.17, 15) is 4.79 Å². The van der Waals surface area contributed by atoms with Gasteiger partial charge in [0.05, 0.1) is 0 Å². The molecule has 0 saturated carbocycles. The van der Waals surface area contributed by atoms with Gasteiger partial charge in [-0.15, -0.1) is 0 Å².